The molecule has 0 spiro atoms. The van der Waals surface area contributed by atoms with Gasteiger partial charge in [-0.25, -0.2) is 0 Å². The van der Waals surface area contributed by atoms with Crippen LogP contribution in [-0.2, 0) is 12.8 Å². The zero-order valence-corrected chi connectivity index (χ0v) is 11.9. The number of nitrogens with one attached hydrogen (secondary N) is 1. The molecule has 2 unspecified atom stereocenters. The number of hydrogen-bond donors (Lipinski definition) is 2. The predicted molar refractivity (Wildman–Crippen MR) is 79.3 cm³/mol. The van der Waals surface area contributed by atoms with Crippen LogP contribution in [0.1, 0.15) is 35.6 Å². The monoisotopic (exact) mass is 259 g/mol. The molecular weight excluding hydrogens is 234 g/mol. The minimum atomic E-state index is 0.165. The van der Waals surface area contributed by atoms with Crippen LogP contribution < -0.4 is 11.1 Å². The Kier molecular flexibility index (Phi) is 3.87. The van der Waals surface area contributed by atoms with Crippen molar-refractivity contribution in [3.05, 3.63) is 34.9 Å². The molecule has 1 fully saturated rings. The number of rotatable bonds is 3. The molecule has 3 nitrogen and oxygen atoms in total. The second-order valence-corrected chi connectivity index (χ2v) is 6.06. The lowest BCUT2D eigenvalue weighted by Crippen LogP contribution is -2.50. The fraction of sp³-hybridized carbons (Fsp3) is 0.625. The summed E-state index contributed by atoms with van der Waals surface area (Å²) < 4.78 is 0. The molecule has 0 amide bonds. The van der Waals surface area contributed by atoms with Crippen LogP contribution in [-0.4, -0.2) is 37.6 Å². The summed E-state index contributed by atoms with van der Waals surface area (Å²) in [4.78, 5) is 2.43. The maximum atomic E-state index is 6.43. The summed E-state index contributed by atoms with van der Waals surface area (Å²) in [6.45, 7) is 3.29. The van der Waals surface area contributed by atoms with Gasteiger partial charge in [0.25, 0.3) is 0 Å². The Morgan fingerprint density at radius 2 is 2.21 bits per heavy atom. The molecule has 2 aliphatic rings. The molecule has 1 aromatic carbocycles. The molecular formula is C16H25N3. The van der Waals surface area contributed by atoms with Crippen molar-refractivity contribution in [2.75, 3.05) is 26.7 Å². The third-order valence-corrected chi connectivity index (χ3v) is 4.72. The Bertz CT molecular complexity index is 444. The van der Waals surface area contributed by atoms with E-state index in [1.807, 2.05) is 0 Å². The number of aryl methyl sites for hydroxylation is 2. The Balaban J connectivity index is 1.68. The minimum absolute atomic E-state index is 0.165. The van der Waals surface area contributed by atoms with Gasteiger partial charge in [0.1, 0.15) is 0 Å². The van der Waals surface area contributed by atoms with Crippen molar-refractivity contribution < 1.29 is 0 Å². The second kappa shape index (κ2) is 5.61. The summed E-state index contributed by atoms with van der Waals surface area (Å²) in [6, 6.07) is 7.62. The highest BCUT2D eigenvalue weighted by atomic mass is 15.2. The zero-order chi connectivity index (χ0) is 13.2. The van der Waals surface area contributed by atoms with Gasteiger partial charge in [0.2, 0.25) is 0 Å². The zero-order valence-electron chi connectivity index (χ0n) is 11.9. The molecule has 0 bridgehead atoms. The van der Waals surface area contributed by atoms with Crippen molar-refractivity contribution in [2.24, 2.45) is 5.73 Å². The van der Waals surface area contributed by atoms with Gasteiger partial charge in [-0.05, 0) is 49.4 Å². The first-order valence-electron chi connectivity index (χ1n) is 7.52. The van der Waals surface area contributed by atoms with Gasteiger partial charge in [-0.3, -0.25) is 0 Å². The van der Waals surface area contributed by atoms with Gasteiger partial charge in [-0.2, -0.15) is 0 Å². The van der Waals surface area contributed by atoms with E-state index in [-0.39, 0.29) is 6.04 Å². The van der Waals surface area contributed by atoms with Crippen molar-refractivity contribution in [3.63, 3.8) is 0 Å². The average Bonchev–Trinajstić information content (AvgIpc) is 2.88. The molecule has 3 rings (SSSR count). The van der Waals surface area contributed by atoms with E-state index in [1.54, 1.807) is 0 Å². The summed E-state index contributed by atoms with van der Waals surface area (Å²) in [7, 11) is 2.21. The van der Waals surface area contributed by atoms with Gasteiger partial charge in [0.05, 0.1) is 0 Å². The number of hydrogen-bond acceptors (Lipinski definition) is 3. The van der Waals surface area contributed by atoms with Gasteiger partial charge < -0.3 is 16.0 Å². The van der Waals surface area contributed by atoms with Gasteiger partial charge in [0, 0.05) is 31.7 Å². The highest BCUT2D eigenvalue weighted by Gasteiger charge is 2.22. The lowest BCUT2D eigenvalue weighted by atomic mass is 9.96. The first-order valence-corrected chi connectivity index (χ1v) is 7.52. The molecule has 104 valence electrons. The maximum absolute atomic E-state index is 6.43. The van der Waals surface area contributed by atoms with Gasteiger partial charge in [-0.15, -0.1) is 0 Å². The fourth-order valence-corrected chi connectivity index (χ4v) is 3.38. The largest absolute Gasteiger partial charge is 0.324 e. The molecule has 1 aliphatic heterocycles. The Morgan fingerprint density at radius 1 is 1.37 bits per heavy atom. The van der Waals surface area contributed by atoms with Gasteiger partial charge in [0.15, 0.2) is 0 Å². The molecule has 2 atom stereocenters. The Labute approximate surface area is 116 Å². The number of nitrogens with two attached hydrogens (primary N) is 1. The molecule has 0 aromatic heterocycles. The molecule has 0 saturated carbocycles. The minimum Gasteiger partial charge on any atom is -0.324 e. The summed E-state index contributed by atoms with van der Waals surface area (Å²) in [6.07, 6.45) is 4.84. The van der Waals surface area contributed by atoms with E-state index < -0.39 is 0 Å². The Morgan fingerprint density at radius 3 is 3.05 bits per heavy atom. The van der Waals surface area contributed by atoms with Gasteiger partial charge in [-0.1, -0.05) is 18.2 Å². The van der Waals surface area contributed by atoms with E-state index in [4.69, 9.17) is 5.73 Å². The summed E-state index contributed by atoms with van der Waals surface area (Å²) >= 11 is 0. The number of piperazine rings is 1. The van der Waals surface area contributed by atoms with Crippen molar-refractivity contribution in [1.82, 2.24) is 10.2 Å². The molecule has 1 aliphatic carbocycles. The summed E-state index contributed by atoms with van der Waals surface area (Å²) in [5.41, 5.74) is 10.8. The number of fused-ring (bicyclic) bond motifs is 1. The van der Waals surface area contributed by atoms with Crippen LogP contribution in [0.25, 0.3) is 0 Å². The molecule has 3 N–H and O–H groups in total. The van der Waals surface area contributed by atoms with Crippen LogP contribution in [0, 0.1) is 0 Å². The molecule has 1 heterocycles. The summed E-state index contributed by atoms with van der Waals surface area (Å²) in [5.74, 6) is 0. The highest BCUT2D eigenvalue weighted by molar-refractivity contribution is 5.36. The van der Waals surface area contributed by atoms with Gasteiger partial charge >= 0.3 is 0 Å². The standard InChI is InChI=1S/C16H25N3/c1-19-8-7-18-11-15(19)10-16(17)14-6-5-12-3-2-4-13(12)9-14/h5-6,9,15-16,18H,2-4,7-8,10-11,17H2,1H3. The summed E-state index contributed by atoms with van der Waals surface area (Å²) in [5, 5.41) is 3.47. The normalized spacial score (nSPS) is 25.3. The lowest BCUT2D eigenvalue weighted by Gasteiger charge is -2.34. The average molecular weight is 259 g/mol. The molecule has 0 radical (unpaired) electrons. The quantitative estimate of drug-likeness (QED) is 0.864. The third kappa shape index (κ3) is 2.83. The van der Waals surface area contributed by atoms with E-state index in [9.17, 15) is 0 Å². The number of nitrogens with zero attached hydrogens (tertiary/aromatic N) is 1. The van der Waals surface area contributed by atoms with E-state index in [0.717, 1.165) is 26.1 Å². The maximum Gasteiger partial charge on any atom is 0.0310 e. The molecule has 1 aromatic rings. The van der Waals surface area contributed by atoms with Crippen LogP contribution in [0.4, 0.5) is 0 Å². The molecule has 1 saturated heterocycles. The second-order valence-electron chi connectivity index (χ2n) is 6.06. The van der Waals surface area contributed by atoms with Crippen molar-refractivity contribution in [1.29, 1.82) is 0 Å². The van der Waals surface area contributed by atoms with Crippen LogP contribution in [0.5, 0.6) is 0 Å². The lowest BCUT2D eigenvalue weighted by molar-refractivity contribution is 0.182. The van der Waals surface area contributed by atoms with E-state index in [0.29, 0.717) is 6.04 Å². The van der Waals surface area contributed by atoms with Crippen LogP contribution in [0.3, 0.4) is 0 Å². The van der Waals surface area contributed by atoms with E-state index in [2.05, 4.69) is 35.5 Å². The van der Waals surface area contributed by atoms with E-state index in [1.165, 1.54) is 36.0 Å². The number of likely N-dealkylation sites (N-methyl/N-ethyl adjacent to an activating group) is 1. The number of benzene rings is 1. The van der Waals surface area contributed by atoms with Crippen molar-refractivity contribution >= 4 is 0 Å². The Hall–Kier alpha value is -0.900. The first kappa shape index (κ1) is 13.1. The van der Waals surface area contributed by atoms with E-state index >= 15 is 0 Å². The SMILES string of the molecule is CN1CCNCC1CC(N)c1ccc2c(c1)CCC2. The smallest absolute Gasteiger partial charge is 0.0310 e. The van der Waals surface area contributed by atoms with Crippen LogP contribution in [0.15, 0.2) is 18.2 Å². The fourth-order valence-electron chi connectivity index (χ4n) is 3.38. The molecule has 3 heteroatoms. The third-order valence-electron chi connectivity index (χ3n) is 4.72. The van der Waals surface area contributed by atoms with Crippen LogP contribution in [0.2, 0.25) is 0 Å². The topological polar surface area (TPSA) is 41.3 Å². The predicted octanol–water partition coefficient (Wildman–Crippen LogP) is 1.47. The highest BCUT2D eigenvalue weighted by Crippen LogP contribution is 2.26. The van der Waals surface area contributed by atoms with Crippen LogP contribution >= 0.6 is 0 Å². The van der Waals surface area contributed by atoms with Crippen molar-refractivity contribution in [2.45, 2.75) is 37.8 Å². The molecule has 19 heavy (non-hydrogen) atoms. The first-order chi connectivity index (χ1) is 9.24. The van der Waals surface area contributed by atoms with Crippen molar-refractivity contribution in [3.8, 4) is 0 Å².